The number of nitrogens with one attached hydrogen (secondary N) is 2. The second-order valence-electron chi connectivity index (χ2n) is 4.81. The zero-order valence-corrected chi connectivity index (χ0v) is 13.5. The van der Waals surface area contributed by atoms with Gasteiger partial charge in [-0.3, -0.25) is 9.59 Å². The Kier molecular flexibility index (Phi) is 5.59. The van der Waals surface area contributed by atoms with Gasteiger partial charge in [0.1, 0.15) is 11.6 Å². The van der Waals surface area contributed by atoms with Crippen LogP contribution in [0.1, 0.15) is 10.4 Å². The molecule has 0 aliphatic rings. The van der Waals surface area contributed by atoms with Crippen LogP contribution in [-0.4, -0.2) is 25.5 Å². The molecule has 0 aliphatic heterocycles. The number of ether oxygens (including phenoxy) is 1. The molecular weight excluding hydrogens is 337 g/mol. The maximum Gasteiger partial charge on any atom is 0.251 e. The predicted molar refractivity (Wildman–Crippen MR) is 90.0 cm³/mol. The molecule has 0 heterocycles. The Morgan fingerprint density at radius 1 is 1.25 bits per heavy atom. The number of hydrogen-bond donors (Lipinski definition) is 3. The van der Waals surface area contributed by atoms with Gasteiger partial charge in [-0.15, -0.1) is 0 Å². The van der Waals surface area contributed by atoms with Crippen LogP contribution < -0.4 is 21.1 Å². The Morgan fingerprint density at radius 3 is 2.67 bits per heavy atom. The lowest BCUT2D eigenvalue weighted by Gasteiger charge is -2.12. The molecule has 2 aromatic rings. The molecule has 0 saturated heterocycles. The smallest absolute Gasteiger partial charge is 0.251 e. The van der Waals surface area contributed by atoms with Crippen molar-refractivity contribution in [3.8, 4) is 5.75 Å². The highest BCUT2D eigenvalue weighted by molar-refractivity contribution is 6.31. The number of rotatable bonds is 6. The Hall–Kier alpha value is -2.80. The van der Waals surface area contributed by atoms with Gasteiger partial charge >= 0.3 is 0 Å². The number of primary amides is 1. The van der Waals surface area contributed by atoms with E-state index in [0.29, 0.717) is 22.1 Å². The van der Waals surface area contributed by atoms with Gasteiger partial charge in [0.05, 0.1) is 24.9 Å². The molecule has 24 heavy (non-hydrogen) atoms. The van der Waals surface area contributed by atoms with Crippen LogP contribution in [0.2, 0.25) is 5.02 Å². The van der Waals surface area contributed by atoms with Gasteiger partial charge in [0.25, 0.3) is 5.91 Å². The van der Waals surface area contributed by atoms with Crippen LogP contribution in [0.25, 0.3) is 0 Å². The summed E-state index contributed by atoms with van der Waals surface area (Å²) in [5.74, 6) is -1.52. The van der Waals surface area contributed by atoms with Gasteiger partial charge in [-0.05, 0) is 36.4 Å². The number of halogens is 2. The van der Waals surface area contributed by atoms with Crippen molar-refractivity contribution in [1.82, 2.24) is 0 Å². The van der Waals surface area contributed by atoms with Gasteiger partial charge < -0.3 is 21.1 Å². The van der Waals surface area contributed by atoms with Crippen LogP contribution in [0.4, 0.5) is 15.8 Å². The quantitative estimate of drug-likeness (QED) is 0.745. The molecule has 0 saturated carbocycles. The predicted octanol–water partition coefficient (Wildman–Crippen LogP) is 2.64. The van der Waals surface area contributed by atoms with E-state index in [1.807, 2.05) is 0 Å². The fraction of sp³-hybridized carbons (Fsp3) is 0.125. The van der Waals surface area contributed by atoms with Crippen LogP contribution in [0.5, 0.6) is 5.75 Å². The molecule has 2 aromatic carbocycles. The first-order valence-corrected chi connectivity index (χ1v) is 7.25. The molecule has 0 unspecified atom stereocenters. The van der Waals surface area contributed by atoms with Crippen molar-refractivity contribution in [2.75, 3.05) is 24.3 Å². The third-order valence-corrected chi connectivity index (χ3v) is 3.36. The third-order valence-electron chi connectivity index (χ3n) is 3.12. The SMILES string of the molecule is COc1ccc(Cl)cc1NC(=O)CNc1ccc(F)c(C(N)=O)c1. The second kappa shape index (κ2) is 7.65. The van der Waals surface area contributed by atoms with Crippen LogP contribution in [0.3, 0.4) is 0 Å². The molecule has 2 amide bonds. The van der Waals surface area contributed by atoms with E-state index in [1.165, 1.54) is 19.2 Å². The first-order chi connectivity index (χ1) is 11.4. The normalized spacial score (nSPS) is 10.1. The zero-order valence-electron chi connectivity index (χ0n) is 12.7. The van der Waals surface area contributed by atoms with Crippen LogP contribution in [-0.2, 0) is 4.79 Å². The summed E-state index contributed by atoms with van der Waals surface area (Å²) in [6.07, 6.45) is 0. The summed E-state index contributed by atoms with van der Waals surface area (Å²) in [7, 11) is 1.47. The summed E-state index contributed by atoms with van der Waals surface area (Å²) in [5.41, 5.74) is 5.63. The van der Waals surface area contributed by atoms with Crippen molar-refractivity contribution in [3.05, 3.63) is 52.8 Å². The molecule has 8 heteroatoms. The summed E-state index contributed by atoms with van der Waals surface area (Å²) >= 11 is 5.89. The van der Waals surface area contributed by atoms with Crippen molar-refractivity contribution in [1.29, 1.82) is 0 Å². The standard InChI is InChI=1S/C16H15ClFN3O3/c1-24-14-5-2-9(17)6-13(14)21-15(22)8-20-10-3-4-12(18)11(7-10)16(19)23/h2-7,20H,8H2,1H3,(H2,19,23)(H,21,22). The maximum atomic E-state index is 13.4. The lowest BCUT2D eigenvalue weighted by atomic mass is 10.2. The maximum absolute atomic E-state index is 13.4. The molecule has 0 fully saturated rings. The third kappa shape index (κ3) is 4.36. The Balaban J connectivity index is 2.03. The number of carbonyl (C=O) groups excluding carboxylic acids is 2. The topological polar surface area (TPSA) is 93.4 Å². The molecule has 4 N–H and O–H groups in total. The number of benzene rings is 2. The molecule has 6 nitrogen and oxygen atoms in total. The van der Waals surface area contributed by atoms with E-state index in [2.05, 4.69) is 10.6 Å². The van der Waals surface area contributed by atoms with E-state index < -0.39 is 11.7 Å². The number of hydrogen-bond acceptors (Lipinski definition) is 4. The first-order valence-electron chi connectivity index (χ1n) is 6.87. The van der Waals surface area contributed by atoms with Crippen LogP contribution >= 0.6 is 11.6 Å². The summed E-state index contributed by atoms with van der Waals surface area (Å²) in [5, 5.41) is 5.87. The Morgan fingerprint density at radius 2 is 2.00 bits per heavy atom. The van der Waals surface area contributed by atoms with Crippen molar-refractivity contribution in [2.45, 2.75) is 0 Å². The Labute approximate surface area is 142 Å². The van der Waals surface area contributed by atoms with Crippen molar-refractivity contribution >= 4 is 34.8 Å². The second-order valence-corrected chi connectivity index (χ2v) is 5.24. The molecule has 0 aromatic heterocycles. The molecular formula is C16H15ClFN3O3. The average Bonchev–Trinajstić information content (AvgIpc) is 2.54. The van der Waals surface area contributed by atoms with Crippen LogP contribution in [0.15, 0.2) is 36.4 Å². The molecule has 126 valence electrons. The van der Waals surface area contributed by atoms with Gasteiger partial charge in [0.15, 0.2) is 0 Å². The average molecular weight is 352 g/mol. The van der Waals surface area contributed by atoms with E-state index in [1.54, 1.807) is 18.2 Å². The van der Waals surface area contributed by atoms with Crippen molar-refractivity contribution in [3.63, 3.8) is 0 Å². The molecule has 0 radical (unpaired) electrons. The lowest BCUT2D eigenvalue weighted by molar-refractivity contribution is -0.114. The highest BCUT2D eigenvalue weighted by Crippen LogP contribution is 2.27. The fourth-order valence-electron chi connectivity index (χ4n) is 1.98. The largest absolute Gasteiger partial charge is 0.495 e. The zero-order chi connectivity index (χ0) is 17.7. The van der Waals surface area contributed by atoms with E-state index in [0.717, 1.165) is 6.07 Å². The number of anilines is 2. The monoisotopic (exact) mass is 351 g/mol. The first kappa shape index (κ1) is 17.6. The van der Waals surface area contributed by atoms with Crippen LogP contribution in [0, 0.1) is 5.82 Å². The van der Waals surface area contributed by atoms with E-state index in [4.69, 9.17) is 22.1 Å². The highest BCUT2D eigenvalue weighted by Gasteiger charge is 2.11. The summed E-state index contributed by atoms with van der Waals surface area (Å²) < 4.78 is 18.5. The van der Waals surface area contributed by atoms with Crippen molar-refractivity contribution < 1.29 is 18.7 Å². The minimum absolute atomic E-state index is 0.112. The van der Waals surface area contributed by atoms with E-state index in [9.17, 15) is 14.0 Å². The van der Waals surface area contributed by atoms with Gasteiger partial charge in [-0.2, -0.15) is 0 Å². The summed E-state index contributed by atoms with van der Waals surface area (Å²) in [4.78, 5) is 23.1. The van der Waals surface area contributed by atoms with Gasteiger partial charge in [-0.1, -0.05) is 11.6 Å². The van der Waals surface area contributed by atoms with Gasteiger partial charge in [0, 0.05) is 10.7 Å². The number of nitrogens with two attached hydrogens (primary N) is 1. The Bertz CT molecular complexity index is 783. The van der Waals surface area contributed by atoms with Gasteiger partial charge in [-0.25, -0.2) is 4.39 Å². The highest BCUT2D eigenvalue weighted by atomic mass is 35.5. The minimum atomic E-state index is -0.885. The summed E-state index contributed by atoms with van der Waals surface area (Å²) in [6, 6.07) is 8.56. The molecule has 0 aliphatic carbocycles. The van der Waals surface area contributed by atoms with Crippen molar-refractivity contribution in [2.24, 2.45) is 5.73 Å². The molecule has 0 atom stereocenters. The minimum Gasteiger partial charge on any atom is -0.495 e. The van der Waals surface area contributed by atoms with Gasteiger partial charge in [0.2, 0.25) is 5.91 Å². The number of carbonyl (C=O) groups is 2. The molecule has 2 rings (SSSR count). The molecule has 0 bridgehead atoms. The fourth-order valence-corrected chi connectivity index (χ4v) is 2.15. The number of amides is 2. The molecule has 0 spiro atoms. The van der Waals surface area contributed by atoms with E-state index in [-0.39, 0.29) is 18.0 Å². The lowest BCUT2D eigenvalue weighted by Crippen LogP contribution is -2.22. The van der Waals surface area contributed by atoms with E-state index >= 15 is 0 Å². The summed E-state index contributed by atoms with van der Waals surface area (Å²) in [6.45, 7) is -0.112. The number of methoxy groups -OCH3 is 1.